The standard InChI is InChI=1S/C76H50N2O/c1-4-18-51(19-5-1)54-32-39-59(40-33-54)77(60-41-34-55(35-42-60)52-20-6-2-7-21-52)70-47-45-66(64-28-14-16-30-68(64)70)67-46-48-71(69-31-17-15-29-65(67)69)78(61-43-36-56(37-44-61)53-22-8-3-9-23-53)72-50-58-25-11-13-27-63(58)75-74-62-26-12-10-24-57(62)38-49-73(74)79-76(72)75/h1-50H. The van der Waals surface area contributed by atoms with Gasteiger partial charge in [0.2, 0.25) is 0 Å². The Hall–Kier alpha value is -10.5. The smallest absolute Gasteiger partial charge is 0.160 e. The zero-order valence-electron chi connectivity index (χ0n) is 43.2. The van der Waals surface area contributed by atoms with Crippen LogP contribution in [-0.4, -0.2) is 0 Å². The van der Waals surface area contributed by atoms with Crippen LogP contribution in [0.2, 0.25) is 0 Å². The van der Waals surface area contributed by atoms with Crippen LogP contribution in [0, 0.1) is 0 Å². The van der Waals surface area contributed by atoms with Gasteiger partial charge < -0.3 is 14.2 Å². The molecule has 0 aliphatic rings. The quantitative estimate of drug-likeness (QED) is 0.136. The highest BCUT2D eigenvalue weighted by Crippen LogP contribution is 2.51. The molecule has 0 unspecified atom stereocenters. The Kier molecular flexibility index (Phi) is 11.2. The first-order chi connectivity index (χ1) is 39.2. The summed E-state index contributed by atoms with van der Waals surface area (Å²) in [4.78, 5) is 4.83. The molecule has 0 bridgehead atoms. The molecule has 0 saturated heterocycles. The van der Waals surface area contributed by atoms with Crippen LogP contribution < -0.4 is 9.80 Å². The van der Waals surface area contributed by atoms with E-state index in [1.807, 2.05) is 0 Å². The van der Waals surface area contributed by atoms with Gasteiger partial charge in [-0.1, -0.05) is 243 Å². The van der Waals surface area contributed by atoms with Crippen molar-refractivity contribution in [3.05, 3.63) is 303 Å². The second-order valence-corrected chi connectivity index (χ2v) is 20.3. The second-order valence-electron chi connectivity index (χ2n) is 20.3. The Bertz CT molecular complexity index is 4660. The van der Waals surface area contributed by atoms with Crippen LogP contribution >= 0.6 is 0 Å². The maximum Gasteiger partial charge on any atom is 0.160 e. The van der Waals surface area contributed by atoms with Crippen LogP contribution in [0.1, 0.15) is 0 Å². The summed E-state index contributed by atoms with van der Waals surface area (Å²) in [6, 6.07) is 110. The third kappa shape index (κ3) is 7.99. The maximum absolute atomic E-state index is 7.17. The molecule has 3 nitrogen and oxygen atoms in total. The van der Waals surface area contributed by atoms with Gasteiger partial charge in [-0.05, 0) is 137 Å². The number of rotatable bonds is 10. The van der Waals surface area contributed by atoms with Gasteiger partial charge in [0.05, 0.1) is 17.1 Å². The molecule has 0 spiro atoms. The molecule has 15 rings (SSSR count). The van der Waals surface area contributed by atoms with E-state index in [9.17, 15) is 0 Å². The summed E-state index contributed by atoms with van der Waals surface area (Å²) < 4.78 is 7.17. The molecule has 0 saturated carbocycles. The fraction of sp³-hybridized carbons (Fsp3) is 0. The lowest BCUT2D eigenvalue weighted by atomic mass is 9.91. The van der Waals surface area contributed by atoms with E-state index in [0.29, 0.717) is 0 Å². The predicted octanol–water partition coefficient (Wildman–Crippen LogP) is 21.8. The van der Waals surface area contributed by atoms with E-state index < -0.39 is 0 Å². The number of benzene rings is 14. The molecule has 79 heavy (non-hydrogen) atoms. The molecule has 0 atom stereocenters. The Morgan fingerprint density at radius 3 is 1.08 bits per heavy atom. The highest BCUT2D eigenvalue weighted by atomic mass is 16.3. The fourth-order valence-corrected chi connectivity index (χ4v) is 12.1. The van der Waals surface area contributed by atoms with E-state index in [-0.39, 0.29) is 0 Å². The van der Waals surface area contributed by atoms with Crippen LogP contribution in [0.3, 0.4) is 0 Å². The normalized spacial score (nSPS) is 11.5. The number of anilines is 6. The minimum Gasteiger partial charge on any atom is -0.454 e. The zero-order chi connectivity index (χ0) is 52.2. The summed E-state index contributed by atoms with van der Waals surface area (Å²) in [5, 5.41) is 11.5. The van der Waals surface area contributed by atoms with E-state index in [2.05, 4.69) is 313 Å². The third-order valence-corrected chi connectivity index (χ3v) is 15.8. The van der Waals surface area contributed by atoms with Crippen molar-refractivity contribution >= 4 is 99.2 Å². The van der Waals surface area contributed by atoms with E-state index in [1.165, 1.54) is 49.4 Å². The monoisotopic (exact) mass is 1010 g/mol. The molecular weight excluding hydrogens is 957 g/mol. The van der Waals surface area contributed by atoms with Gasteiger partial charge in [-0.3, -0.25) is 0 Å². The molecule has 15 aromatic rings. The van der Waals surface area contributed by atoms with Crippen molar-refractivity contribution in [2.75, 3.05) is 9.80 Å². The zero-order valence-corrected chi connectivity index (χ0v) is 43.2. The van der Waals surface area contributed by atoms with Gasteiger partial charge in [0.15, 0.2) is 5.58 Å². The fourth-order valence-electron chi connectivity index (χ4n) is 12.1. The average molecular weight is 1010 g/mol. The number of hydrogen-bond acceptors (Lipinski definition) is 3. The molecule has 14 aromatic carbocycles. The molecular formula is C76H50N2O. The molecule has 0 fully saturated rings. The highest BCUT2D eigenvalue weighted by molar-refractivity contribution is 6.29. The predicted molar refractivity (Wildman–Crippen MR) is 335 cm³/mol. The number of fused-ring (bicyclic) bond motifs is 9. The molecule has 0 aliphatic heterocycles. The molecule has 0 aliphatic carbocycles. The molecule has 370 valence electrons. The SMILES string of the molecule is c1ccc(-c2ccc(N(c3ccc(-c4ccccc4)cc3)c3ccc(-c4ccc(N(c5ccc(-c6ccccc6)cc5)c5cc6ccccc6c6c5oc5ccc7ccccc7c56)c5ccccc45)c4ccccc34)cc2)cc1. The molecule has 1 heterocycles. The van der Waals surface area contributed by atoms with Crippen LogP contribution in [0.4, 0.5) is 34.1 Å². The summed E-state index contributed by atoms with van der Waals surface area (Å²) in [6.07, 6.45) is 0. The molecule has 3 heteroatoms. The Balaban J connectivity index is 0.919. The Labute approximate surface area is 458 Å². The van der Waals surface area contributed by atoms with E-state index in [1.54, 1.807) is 0 Å². The van der Waals surface area contributed by atoms with E-state index in [4.69, 9.17) is 4.42 Å². The number of furan rings is 1. The summed E-state index contributed by atoms with van der Waals surface area (Å²) in [7, 11) is 0. The van der Waals surface area contributed by atoms with Gasteiger partial charge in [0, 0.05) is 38.6 Å². The van der Waals surface area contributed by atoms with Crippen molar-refractivity contribution < 1.29 is 4.42 Å². The first-order valence-electron chi connectivity index (χ1n) is 27.1. The molecule has 0 amide bonds. The minimum absolute atomic E-state index is 0.848. The minimum atomic E-state index is 0.848. The van der Waals surface area contributed by atoms with E-state index >= 15 is 0 Å². The number of nitrogens with zero attached hydrogens (tertiary/aromatic N) is 2. The van der Waals surface area contributed by atoms with Crippen molar-refractivity contribution in [1.82, 2.24) is 0 Å². The topological polar surface area (TPSA) is 19.6 Å². The van der Waals surface area contributed by atoms with Crippen molar-refractivity contribution in [3.8, 4) is 44.5 Å². The lowest BCUT2D eigenvalue weighted by Gasteiger charge is -2.29. The lowest BCUT2D eigenvalue weighted by molar-refractivity contribution is 0.669. The average Bonchev–Trinajstić information content (AvgIpc) is 4.21. The van der Waals surface area contributed by atoms with Crippen LogP contribution in [0.25, 0.3) is 110 Å². The largest absolute Gasteiger partial charge is 0.454 e. The second kappa shape index (κ2) is 19.3. The first-order valence-corrected chi connectivity index (χ1v) is 27.1. The Morgan fingerprint density at radius 2 is 0.595 bits per heavy atom. The van der Waals surface area contributed by atoms with Gasteiger partial charge in [0.1, 0.15) is 5.58 Å². The van der Waals surface area contributed by atoms with Gasteiger partial charge in [-0.25, -0.2) is 0 Å². The lowest BCUT2D eigenvalue weighted by Crippen LogP contribution is -2.11. The van der Waals surface area contributed by atoms with Crippen molar-refractivity contribution in [1.29, 1.82) is 0 Å². The summed E-state index contributed by atoms with van der Waals surface area (Å²) in [5.74, 6) is 0. The third-order valence-electron chi connectivity index (χ3n) is 15.8. The maximum atomic E-state index is 7.17. The summed E-state index contributed by atoms with van der Waals surface area (Å²) in [6.45, 7) is 0. The summed E-state index contributed by atoms with van der Waals surface area (Å²) in [5.41, 5.74) is 17.4. The molecule has 0 N–H and O–H groups in total. The van der Waals surface area contributed by atoms with E-state index in [0.717, 1.165) is 94.3 Å². The van der Waals surface area contributed by atoms with Gasteiger partial charge in [-0.15, -0.1) is 0 Å². The highest BCUT2D eigenvalue weighted by Gasteiger charge is 2.26. The van der Waals surface area contributed by atoms with Gasteiger partial charge in [0.25, 0.3) is 0 Å². The Morgan fingerprint density at radius 1 is 0.228 bits per heavy atom. The van der Waals surface area contributed by atoms with Crippen LogP contribution in [-0.2, 0) is 0 Å². The summed E-state index contributed by atoms with van der Waals surface area (Å²) >= 11 is 0. The van der Waals surface area contributed by atoms with Crippen LogP contribution in [0.15, 0.2) is 308 Å². The number of hydrogen-bond donors (Lipinski definition) is 0. The molecule has 1 aromatic heterocycles. The van der Waals surface area contributed by atoms with Crippen molar-refractivity contribution in [3.63, 3.8) is 0 Å². The van der Waals surface area contributed by atoms with Crippen LogP contribution in [0.5, 0.6) is 0 Å². The van der Waals surface area contributed by atoms with Gasteiger partial charge >= 0.3 is 0 Å². The van der Waals surface area contributed by atoms with Gasteiger partial charge in [-0.2, -0.15) is 0 Å². The van der Waals surface area contributed by atoms with Crippen molar-refractivity contribution in [2.24, 2.45) is 0 Å². The molecule has 0 radical (unpaired) electrons. The first kappa shape index (κ1) is 45.9. The van der Waals surface area contributed by atoms with Crippen molar-refractivity contribution in [2.45, 2.75) is 0 Å².